The highest BCUT2D eigenvalue weighted by atomic mass is 79.9. The summed E-state index contributed by atoms with van der Waals surface area (Å²) in [6.07, 6.45) is -0.527. The molecule has 1 unspecified atom stereocenters. The van der Waals surface area contributed by atoms with Crippen LogP contribution in [0.4, 0.5) is 0 Å². The number of aliphatic hydroxyl groups is 1. The van der Waals surface area contributed by atoms with E-state index in [0.29, 0.717) is 22.2 Å². The summed E-state index contributed by atoms with van der Waals surface area (Å²) < 4.78 is 6.87. The van der Waals surface area contributed by atoms with Crippen molar-refractivity contribution in [2.75, 3.05) is 0 Å². The normalized spacial score (nSPS) is 21.2. The first kappa shape index (κ1) is 14.2. The average molecular weight is 374 g/mol. The second-order valence-electron chi connectivity index (χ2n) is 4.68. The Labute approximate surface area is 135 Å². The third kappa shape index (κ3) is 2.56. The van der Waals surface area contributed by atoms with Crippen LogP contribution in [0.1, 0.15) is 29.8 Å². The molecule has 0 aromatic heterocycles. The van der Waals surface area contributed by atoms with Gasteiger partial charge in [0, 0.05) is 32.1 Å². The van der Waals surface area contributed by atoms with Gasteiger partial charge < -0.3 is 9.84 Å². The molecule has 1 aliphatic heterocycles. The molecule has 0 bridgehead atoms. The molecule has 2 aromatic rings. The van der Waals surface area contributed by atoms with Crippen molar-refractivity contribution in [1.29, 1.82) is 0 Å². The number of fused-ring (bicyclic) bond motifs is 1. The number of rotatable bonds is 1. The molecule has 0 amide bonds. The lowest BCUT2D eigenvalue weighted by Gasteiger charge is -2.31. The van der Waals surface area contributed by atoms with E-state index in [4.69, 9.17) is 27.9 Å². The van der Waals surface area contributed by atoms with Crippen molar-refractivity contribution in [1.82, 2.24) is 0 Å². The minimum Gasteiger partial charge on any atom is -0.485 e. The molecule has 2 atom stereocenters. The zero-order valence-corrected chi connectivity index (χ0v) is 13.4. The van der Waals surface area contributed by atoms with Crippen LogP contribution in [0.5, 0.6) is 5.75 Å². The first-order valence-corrected chi connectivity index (χ1v) is 7.69. The number of halogens is 3. The number of aliphatic hydroxyl groups excluding tert-OH is 1. The average Bonchev–Trinajstić information content (AvgIpc) is 2.39. The van der Waals surface area contributed by atoms with Gasteiger partial charge in [-0.05, 0) is 30.3 Å². The van der Waals surface area contributed by atoms with Gasteiger partial charge in [-0.15, -0.1) is 0 Å². The van der Waals surface area contributed by atoms with Crippen molar-refractivity contribution in [2.45, 2.75) is 18.6 Å². The molecular formula is C15H11BrCl2O2. The molecule has 104 valence electrons. The van der Waals surface area contributed by atoms with E-state index in [-0.39, 0.29) is 6.10 Å². The summed E-state index contributed by atoms with van der Waals surface area (Å²) in [6, 6.07) is 10.9. The number of hydrogen-bond donors (Lipinski definition) is 1. The lowest BCUT2D eigenvalue weighted by Crippen LogP contribution is -2.19. The van der Waals surface area contributed by atoms with E-state index < -0.39 is 6.10 Å². The minimum atomic E-state index is -0.603. The fourth-order valence-electron chi connectivity index (χ4n) is 2.41. The highest BCUT2D eigenvalue weighted by Gasteiger charge is 2.30. The van der Waals surface area contributed by atoms with E-state index >= 15 is 0 Å². The maximum atomic E-state index is 10.3. The predicted molar refractivity (Wildman–Crippen MR) is 83.5 cm³/mol. The fraction of sp³-hybridized carbons (Fsp3) is 0.200. The van der Waals surface area contributed by atoms with Crippen LogP contribution in [0.25, 0.3) is 0 Å². The van der Waals surface area contributed by atoms with Crippen LogP contribution >= 0.6 is 39.1 Å². The Morgan fingerprint density at radius 2 is 1.85 bits per heavy atom. The Balaban J connectivity index is 2.01. The van der Waals surface area contributed by atoms with Crippen molar-refractivity contribution >= 4 is 39.1 Å². The second kappa shape index (κ2) is 5.57. The summed E-state index contributed by atoms with van der Waals surface area (Å²) in [4.78, 5) is 0. The van der Waals surface area contributed by atoms with Crippen LogP contribution in [0, 0.1) is 0 Å². The Hall–Kier alpha value is -0.740. The zero-order valence-electron chi connectivity index (χ0n) is 10.3. The third-order valence-electron chi connectivity index (χ3n) is 3.36. The lowest BCUT2D eigenvalue weighted by atomic mass is 9.95. The van der Waals surface area contributed by atoms with Crippen molar-refractivity contribution in [2.24, 2.45) is 0 Å². The molecular weight excluding hydrogens is 363 g/mol. The molecule has 0 fully saturated rings. The van der Waals surface area contributed by atoms with Crippen molar-refractivity contribution in [3.05, 3.63) is 62.0 Å². The van der Waals surface area contributed by atoms with Gasteiger partial charge >= 0.3 is 0 Å². The van der Waals surface area contributed by atoms with Crippen molar-refractivity contribution in [3.63, 3.8) is 0 Å². The molecule has 0 spiro atoms. The molecule has 0 radical (unpaired) electrons. The van der Waals surface area contributed by atoms with Gasteiger partial charge in [-0.2, -0.15) is 0 Å². The van der Waals surface area contributed by atoms with Gasteiger partial charge in [0.25, 0.3) is 0 Å². The lowest BCUT2D eigenvalue weighted by molar-refractivity contribution is 0.0658. The fourth-order valence-corrected chi connectivity index (χ4v) is 3.43. The van der Waals surface area contributed by atoms with Crippen LogP contribution < -0.4 is 4.74 Å². The molecule has 1 aliphatic rings. The van der Waals surface area contributed by atoms with Crippen molar-refractivity contribution < 1.29 is 9.84 Å². The molecule has 2 aromatic carbocycles. The van der Waals surface area contributed by atoms with E-state index in [1.165, 1.54) is 0 Å². The largest absolute Gasteiger partial charge is 0.485 e. The summed E-state index contributed by atoms with van der Waals surface area (Å²) >= 11 is 15.8. The van der Waals surface area contributed by atoms with Crippen molar-refractivity contribution in [3.8, 4) is 5.75 Å². The highest BCUT2D eigenvalue weighted by Crippen LogP contribution is 2.44. The molecule has 20 heavy (non-hydrogen) atoms. The molecule has 2 nitrogen and oxygen atoms in total. The van der Waals surface area contributed by atoms with Crippen LogP contribution in [0.2, 0.25) is 10.0 Å². The van der Waals surface area contributed by atoms with Crippen LogP contribution in [-0.2, 0) is 0 Å². The first-order chi connectivity index (χ1) is 9.56. The molecule has 5 heteroatoms. The SMILES string of the molecule is O[C@@H]1CC(c2c(Cl)cccc2Cl)Oc2ccc(Br)cc21. The van der Waals surface area contributed by atoms with Crippen LogP contribution in [-0.4, -0.2) is 5.11 Å². The second-order valence-corrected chi connectivity index (χ2v) is 6.41. The maximum absolute atomic E-state index is 10.3. The van der Waals surface area contributed by atoms with E-state index in [2.05, 4.69) is 15.9 Å². The monoisotopic (exact) mass is 372 g/mol. The van der Waals surface area contributed by atoms with Crippen LogP contribution in [0.3, 0.4) is 0 Å². The van der Waals surface area contributed by atoms with Gasteiger partial charge in [0.15, 0.2) is 0 Å². The molecule has 1 heterocycles. The van der Waals surface area contributed by atoms with E-state index in [9.17, 15) is 5.11 Å². The van der Waals surface area contributed by atoms with Gasteiger partial charge in [-0.25, -0.2) is 0 Å². The zero-order chi connectivity index (χ0) is 14.3. The van der Waals surface area contributed by atoms with E-state index in [1.807, 2.05) is 18.2 Å². The topological polar surface area (TPSA) is 29.5 Å². The van der Waals surface area contributed by atoms with Gasteiger partial charge in [0.2, 0.25) is 0 Å². The van der Waals surface area contributed by atoms with E-state index in [1.54, 1.807) is 18.2 Å². The molecule has 0 saturated heterocycles. The van der Waals surface area contributed by atoms with Crippen LogP contribution in [0.15, 0.2) is 40.9 Å². The molecule has 0 aliphatic carbocycles. The maximum Gasteiger partial charge on any atom is 0.129 e. The summed E-state index contributed by atoms with van der Waals surface area (Å²) in [7, 11) is 0. The number of benzene rings is 2. The molecule has 1 N–H and O–H groups in total. The van der Waals surface area contributed by atoms with Gasteiger partial charge in [-0.3, -0.25) is 0 Å². The molecule has 0 saturated carbocycles. The minimum absolute atomic E-state index is 0.347. The summed E-state index contributed by atoms with van der Waals surface area (Å²) in [5, 5.41) is 11.4. The smallest absolute Gasteiger partial charge is 0.129 e. The third-order valence-corrected chi connectivity index (χ3v) is 4.51. The predicted octanol–water partition coefficient (Wildman–Crippen LogP) is 5.31. The number of hydrogen-bond acceptors (Lipinski definition) is 2. The standard InChI is InChI=1S/C15H11BrCl2O2/c16-8-4-5-13-9(6-8)12(19)7-14(20-13)15-10(17)2-1-3-11(15)18/h1-6,12,14,19H,7H2/t12-,14?/m1/s1. The number of ether oxygens (including phenoxy) is 1. The van der Waals surface area contributed by atoms with Gasteiger partial charge in [-0.1, -0.05) is 45.2 Å². The first-order valence-electron chi connectivity index (χ1n) is 6.14. The Kier molecular flexibility index (Phi) is 3.95. The van der Waals surface area contributed by atoms with E-state index in [0.717, 1.165) is 15.6 Å². The van der Waals surface area contributed by atoms with Gasteiger partial charge in [0.1, 0.15) is 11.9 Å². The highest BCUT2D eigenvalue weighted by molar-refractivity contribution is 9.10. The molecule has 3 rings (SSSR count). The Morgan fingerprint density at radius 3 is 2.55 bits per heavy atom. The van der Waals surface area contributed by atoms with Gasteiger partial charge in [0.05, 0.1) is 6.10 Å². The Morgan fingerprint density at radius 1 is 1.15 bits per heavy atom. The summed E-state index contributed by atoms with van der Waals surface area (Å²) in [6.45, 7) is 0. The summed E-state index contributed by atoms with van der Waals surface area (Å²) in [5.74, 6) is 0.660. The summed E-state index contributed by atoms with van der Waals surface area (Å²) in [5.41, 5.74) is 1.50. The quantitative estimate of drug-likeness (QED) is 0.733. The Bertz CT molecular complexity index is 640.